The molecule has 0 N–H and O–H groups in total. The predicted molar refractivity (Wildman–Crippen MR) is 88.6 cm³/mol. The van der Waals surface area contributed by atoms with Gasteiger partial charge in [-0.05, 0) is 18.9 Å². The van der Waals surface area contributed by atoms with Gasteiger partial charge in [0.05, 0.1) is 7.11 Å². The Kier molecular flexibility index (Phi) is 13.7. The maximum absolute atomic E-state index is 11.4. The molecule has 22 heavy (non-hydrogen) atoms. The van der Waals surface area contributed by atoms with Crippen LogP contribution in [0.1, 0.15) is 78.1 Å². The van der Waals surface area contributed by atoms with E-state index in [1.165, 1.54) is 65.4 Å². The van der Waals surface area contributed by atoms with Crippen molar-refractivity contribution in [2.45, 2.75) is 84.2 Å². The Balaban J connectivity index is 3.66. The summed E-state index contributed by atoms with van der Waals surface area (Å²) in [7, 11) is 1.28. The van der Waals surface area contributed by atoms with Crippen molar-refractivity contribution in [3.05, 3.63) is 12.2 Å². The molecule has 0 spiro atoms. The van der Waals surface area contributed by atoms with Crippen molar-refractivity contribution in [3.8, 4) is 0 Å². The van der Waals surface area contributed by atoms with Crippen LogP contribution in [-0.4, -0.2) is 25.2 Å². The van der Waals surface area contributed by atoms with Crippen LogP contribution in [0.4, 0.5) is 0 Å². The molecule has 0 bridgehead atoms. The van der Waals surface area contributed by atoms with Crippen LogP contribution in [0, 0.1) is 0 Å². The molecule has 0 aromatic carbocycles. The zero-order valence-electron chi connectivity index (χ0n) is 14.4. The van der Waals surface area contributed by atoms with Gasteiger partial charge in [-0.1, -0.05) is 64.4 Å². The molecule has 0 aliphatic rings. The number of esters is 2. The fourth-order valence-corrected chi connectivity index (χ4v) is 2.25. The van der Waals surface area contributed by atoms with Crippen molar-refractivity contribution in [2.24, 2.45) is 0 Å². The minimum Gasteiger partial charge on any atom is -0.466 e. The molecule has 0 radical (unpaired) electrons. The second-order valence-electron chi connectivity index (χ2n) is 5.60. The van der Waals surface area contributed by atoms with Crippen molar-refractivity contribution in [3.63, 3.8) is 0 Å². The number of carbonyl (C=O) groups excluding carboxylic acids is 2. The fraction of sp³-hybridized carbons (Fsp3) is 0.778. The van der Waals surface area contributed by atoms with Crippen molar-refractivity contribution in [2.75, 3.05) is 7.11 Å². The van der Waals surface area contributed by atoms with Gasteiger partial charge in [0.15, 0.2) is 0 Å². The number of hydrogen-bond acceptors (Lipinski definition) is 4. The summed E-state index contributed by atoms with van der Waals surface area (Å²) in [6, 6.07) is 0. The van der Waals surface area contributed by atoms with Crippen molar-refractivity contribution in [1.82, 2.24) is 0 Å². The maximum atomic E-state index is 11.4. The number of carbonyl (C=O) groups is 2. The summed E-state index contributed by atoms with van der Waals surface area (Å²) in [4.78, 5) is 22.3. The largest absolute Gasteiger partial charge is 0.466 e. The normalized spacial score (nSPS) is 12.3. The van der Waals surface area contributed by atoms with Crippen molar-refractivity contribution < 1.29 is 19.1 Å². The van der Waals surface area contributed by atoms with Crippen LogP contribution >= 0.6 is 0 Å². The predicted octanol–water partition coefficient (Wildman–Crippen LogP) is 4.57. The third-order valence-corrected chi connectivity index (χ3v) is 3.51. The summed E-state index contributed by atoms with van der Waals surface area (Å²) in [6.45, 7) is 3.52. The number of methoxy groups -OCH3 is 1. The van der Waals surface area contributed by atoms with Gasteiger partial charge in [0.2, 0.25) is 6.10 Å². The molecule has 0 aromatic rings. The van der Waals surface area contributed by atoms with E-state index in [2.05, 4.69) is 11.7 Å². The van der Waals surface area contributed by atoms with Crippen molar-refractivity contribution in [1.29, 1.82) is 0 Å². The minimum absolute atomic E-state index is 0.483. The van der Waals surface area contributed by atoms with Crippen LogP contribution in [-0.2, 0) is 19.1 Å². The quantitative estimate of drug-likeness (QED) is 0.284. The molecule has 0 saturated carbocycles. The van der Waals surface area contributed by atoms with Gasteiger partial charge in [-0.2, -0.15) is 0 Å². The second kappa shape index (κ2) is 14.6. The van der Waals surface area contributed by atoms with Crippen LogP contribution in [0.3, 0.4) is 0 Å². The molecule has 0 saturated heterocycles. The lowest BCUT2D eigenvalue weighted by atomic mass is 10.1. The lowest BCUT2D eigenvalue weighted by Crippen LogP contribution is -2.25. The zero-order valence-corrected chi connectivity index (χ0v) is 14.4. The Morgan fingerprint density at radius 3 is 2.00 bits per heavy atom. The summed E-state index contributed by atoms with van der Waals surface area (Å²) in [5.41, 5.74) is 0. The van der Waals surface area contributed by atoms with Crippen LogP contribution in [0.25, 0.3) is 0 Å². The second-order valence-corrected chi connectivity index (χ2v) is 5.60. The van der Waals surface area contributed by atoms with E-state index in [1.54, 1.807) is 6.08 Å². The highest BCUT2D eigenvalue weighted by Gasteiger charge is 2.18. The molecule has 0 aliphatic heterocycles. The summed E-state index contributed by atoms with van der Waals surface area (Å²) in [5, 5.41) is 0. The highest BCUT2D eigenvalue weighted by Crippen LogP contribution is 2.11. The smallest absolute Gasteiger partial charge is 0.351 e. The molecule has 0 heterocycles. The Bertz CT molecular complexity index is 323. The first-order valence-electron chi connectivity index (χ1n) is 8.53. The van der Waals surface area contributed by atoms with Gasteiger partial charge in [0, 0.05) is 6.92 Å². The van der Waals surface area contributed by atoms with Gasteiger partial charge in [-0.3, -0.25) is 4.79 Å². The van der Waals surface area contributed by atoms with E-state index in [9.17, 15) is 9.59 Å². The molecule has 0 amide bonds. The molecular formula is C18H32O4. The summed E-state index contributed by atoms with van der Waals surface area (Å²) >= 11 is 0. The Labute approximate surface area is 135 Å². The van der Waals surface area contributed by atoms with E-state index in [0.29, 0.717) is 0 Å². The fourth-order valence-electron chi connectivity index (χ4n) is 2.25. The molecule has 0 rings (SSSR count). The van der Waals surface area contributed by atoms with E-state index in [0.717, 1.165) is 12.8 Å². The van der Waals surface area contributed by atoms with Gasteiger partial charge in [-0.25, -0.2) is 4.79 Å². The topological polar surface area (TPSA) is 52.6 Å². The summed E-state index contributed by atoms with van der Waals surface area (Å²) in [5.74, 6) is -1.03. The monoisotopic (exact) mass is 312 g/mol. The van der Waals surface area contributed by atoms with Crippen LogP contribution in [0.5, 0.6) is 0 Å². The van der Waals surface area contributed by atoms with Gasteiger partial charge < -0.3 is 9.47 Å². The van der Waals surface area contributed by atoms with Crippen molar-refractivity contribution >= 4 is 11.9 Å². The number of unbranched alkanes of at least 4 members (excludes halogenated alkanes) is 9. The number of hydrogen-bond donors (Lipinski definition) is 0. The van der Waals surface area contributed by atoms with Gasteiger partial charge in [-0.15, -0.1) is 0 Å². The highest BCUT2D eigenvalue weighted by molar-refractivity contribution is 5.80. The first-order valence-corrected chi connectivity index (χ1v) is 8.53. The maximum Gasteiger partial charge on any atom is 0.351 e. The van der Waals surface area contributed by atoms with Crippen LogP contribution in [0.15, 0.2) is 12.2 Å². The minimum atomic E-state index is -0.916. The van der Waals surface area contributed by atoms with Gasteiger partial charge in [0.1, 0.15) is 0 Å². The molecule has 0 unspecified atom stereocenters. The van der Waals surface area contributed by atoms with E-state index in [-0.39, 0.29) is 0 Å². The molecule has 4 heteroatoms. The Hall–Kier alpha value is -1.32. The highest BCUT2D eigenvalue weighted by atomic mass is 16.6. The first-order chi connectivity index (χ1) is 10.6. The number of ether oxygens (including phenoxy) is 2. The molecular weight excluding hydrogens is 280 g/mol. The van der Waals surface area contributed by atoms with Gasteiger partial charge >= 0.3 is 11.9 Å². The van der Waals surface area contributed by atoms with E-state index < -0.39 is 18.0 Å². The molecule has 0 fully saturated rings. The van der Waals surface area contributed by atoms with Crippen LogP contribution < -0.4 is 0 Å². The number of allylic oxidation sites excluding steroid dienone is 1. The molecule has 4 nitrogen and oxygen atoms in total. The van der Waals surface area contributed by atoms with Crippen LogP contribution in [0.2, 0.25) is 0 Å². The lowest BCUT2D eigenvalue weighted by Gasteiger charge is -2.10. The lowest BCUT2D eigenvalue weighted by molar-refractivity contribution is -0.161. The zero-order chi connectivity index (χ0) is 16.6. The standard InChI is InChI=1S/C18H32O4/c1-4-5-6-7-8-9-10-11-12-13-14-15-17(18(20)21-3)22-16(2)19/h14-15,17H,4-13H2,1-3H3/b15-14+/t17-/m1/s1. The van der Waals surface area contributed by atoms with Gasteiger partial charge in [0.25, 0.3) is 0 Å². The first kappa shape index (κ1) is 20.7. The third-order valence-electron chi connectivity index (χ3n) is 3.51. The Morgan fingerprint density at radius 2 is 1.50 bits per heavy atom. The molecule has 0 aromatic heterocycles. The SMILES string of the molecule is CCCCCCCCCCC/C=C/[C@@H](OC(C)=O)C(=O)OC. The number of rotatable bonds is 13. The average Bonchev–Trinajstić information content (AvgIpc) is 2.50. The summed E-state index contributed by atoms with van der Waals surface area (Å²) in [6.07, 6.45) is 15.1. The Morgan fingerprint density at radius 1 is 0.955 bits per heavy atom. The van der Waals surface area contributed by atoms with E-state index >= 15 is 0 Å². The van der Waals surface area contributed by atoms with E-state index in [4.69, 9.17) is 4.74 Å². The summed E-state index contributed by atoms with van der Waals surface area (Å²) < 4.78 is 9.49. The third kappa shape index (κ3) is 12.4. The molecule has 1 atom stereocenters. The average molecular weight is 312 g/mol. The molecule has 0 aliphatic carbocycles. The molecule has 128 valence electrons. The van der Waals surface area contributed by atoms with E-state index in [1.807, 2.05) is 6.08 Å².